The number of ether oxygens (including phenoxy) is 1. The lowest BCUT2D eigenvalue weighted by molar-refractivity contribution is -0.124. The Balaban J connectivity index is 2.15. The van der Waals surface area contributed by atoms with E-state index in [4.69, 9.17) is 10.5 Å². The summed E-state index contributed by atoms with van der Waals surface area (Å²) in [7, 11) is 1.58. The number of methoxy groups -OCH3 is 1. The molecule has 14 heavy (non-hydrogen) atoms. The molecular formula is C10H20N2O2. The monoisotopic (exact) mass is 200 g/mol. The summed E-state index contributed by atoms with van der Waals surface area (Å²) in [4.78, 5) is 11.4. The minimum absolute atomic E-state index is 0.0548. The van der Waals surface area contributed by atoms with E-state index in [9.17, 15) is 4.79 Å². The van der Waals surface area contributed by atoms with Gasteiger partial charge in [-0.3, -0.25) is 4.79 Å². The number of hydrogen-bond donors (Lipinski definition) is 2. The fraction of sp³-hybridized carbons (Fsp3) is 0.900. The van der Waals surface area contributed by atoms with Gasteiger partial charge in [-0.25, -0.2) is 0 Å². The molecule has 0 bridgehead atoms. The molecular weight excluding hydrogens is 180 g/mol. The Bertz CT molecular complexity index is 187. The van der Waals surface area contributed by atoms with Crippen LogP contribution in [0.15, 0.2) is 0 Å². The first-order valence-corrected chi connectivity index (χ1v) is 5.18. The van der Waals surface area contributed by atoms with Gasteiger partial charge in [0.2, 0.25) is 5.91 Å². The van der Waals surface area contributed by atoms with Crippen molar-refractivity contribution >= 4 is 5.91 Å². The highest BCUT2D eigenvalue weighted by Gasteiger charge is 2.26. The van der Waals surface area contributed by atoms with Crippen LogP contribution in [-0.2, 0) is 9.53 Å². The van der Waals surface area contributed by atoms with Crippen molar-refractivity contribution in [1.29, 1.82) is 0 Å². The highest BCUT2D eigenvalue weighted by atomic mass is 16.5. The molecule has 1 saturated carbocycles. The summed E-state index contributed by atoms with van der Waals surface area (Å²) in [5.41, 5.74) is 5.43. The number of nitrogens with one attached hydrogen (secondary N) is 1. The summed E-state index contributed by atoms with van der Waals surface area (Å²) in [5, 5.41) is 2.97. The van der Waals surface area contributed by atoms with E-state index in [1.165, 1.54) is 0 Å². The highest BCUT2D eigenvalue weighted by molar-refractivity contribution is 5.76. The third-order valence-electron chi connectivity index (χ3n) is 2.75. The van der Waals surface area contributed by atoms with Gasteiger partial charge >= 0.3 is 0 Å². The predicted octanol–water partition coefficient (Wildman–Crippen LogP) is 0.265. The summed E-state index contributed by atoms with van der Waals surface area (Å²) in [6.45, 7) is 2.59. The molecule has 82 valence electrons. The maximum Gasteiger partial charge on any atom is 0.222 e. The Kier molecular flexibility index (Phi) is 4.35. The molecule has 0 aliphatic heterocycles. The van der Waals surface area contributed by atoms with E-state index in [2.05, 4.69) is 12.2 Å². The van der Waals surface area contributed by atoms with Gasteiger partial charge in [-0.2, -0.15) is 0 Å². The topological polar surface area (TPSA) is 64.3 Å². The third kappa shape index (κ3) is 3.27. The van der Waals surface area contributed by atoms with Crippen LogP contribution in [0.3, 0.4) is 0 Å². The Hall–Kier alpha value is -0.610. The van der Waals surface area contributed by atoms with Gasteiger partial charge in [0.1, 0.15) is 0 Å². The second kappa shape index (κ2) is 5.32. The van der Waals surface area contributed by atoms with E-state index in [-0.39, 0.29) is 12.0 Å². The highest BCUT2D eigenvalue weighted by Crippen LogP contribution is 2.26. The Morgan fingerprint density at radius 1 is 1.64 bits per heavy atom. The number of rotatable bonds is 5. The largest absolute Gasteiger partial charge is 0.380 e. The Morgan fingerprint density at radius 3 is 2.71 bits per heavy atom. The minimum Gasteiger partial charge on any atom is -0.380 e. The summed E-state index contributed by atoms with van der Waals surface area (Å²) >= 11 is 0. The van der Waals surface area contributed by atoms with E-state index >= 15 is 0 Å². The number of carbonyl (C=O) groups is 1. The number of hydrogen-bond acceptors (Lipinski definition) is 3. The molecule has 4 nitrogen and oxygen atoms in total. The average molecular weight is 200 g/mol. The molecule has 1 aliphatic rings. The molecule has 0 aromatic heterocycles. The summed E-state index contributed by atoms with van der Waals surface area (Å²) in [5.74, 6) is 0.812. The van der Waals surface area contributed by atoms with Crippen LogP contribution in [0, 0.1) is 5.92 Å². The molecule has 1 atom stereocenters. The van der Waals surface area contributed by atoms with Crippen LogP contribution in [0.4, 0.5) is 0 Å². The van der Waals surface area contributed by atoms with Crippen molar-refractivity contribution in [2.75, 3.05) is 13.7 Å². The number of amides is 1. The smallest absolute Gasteiger partial charge is 0.222 e. The lowest BCUT2D eigenvalue weighted by Crippen LogP contribution is -2.44. The molecule has 0 radical (unpaired) electrons. The predicted molar refractivity (Wildman–Crippen MR) is 54.8 cm³/mol. The zero-order chi connectivity index (χ0) is 10.6. The van der Waals surface area contributed by atoms with Crippen molar-refractivity contribution in [3.05, 3.63) is 0 Å². The second-order valence-corrected chi connectivity index (χ2v) is 4.14. The fourth-order valence-corrected chi connectivity index (χ4v) is 1.78. The SMILES string of the molecule is COC(CN)CC(=O)NC1CC(C)C1. The standard InChI is InChI=1S/C10H20N2O2/c1-7-3-8(4-7)12-10(13)5-9(6-11)14-2/h7-9H,3-6,11H2,1-2H3,(H,12,13). The Labute approximate surface area is 85.2 Å². The summed E-state index contributed by atoms with van der Waals surface area (Å²) in [6, 6.07) is 0.382. The molecule has 0 heterocycles. The Morgan fingerprint density at radius 2 is 2.29 bits per heavy atom. The van der Waals surface area contributed by atoms with E-state index < -0.39 is 0 Å². The minimum atomic E-state index is -0.146. The molecule has 0 saturated heterocycles. The molecule has 1 aliphatic carbocycles. The van der Waals surface area contributed by atoms with Crippen LogP contribution in [0.5, 0.6) is 0 Å². The molecule has 1 unspecified atom stereocenters. The normalized spacial score (nSPS) is 27.9. The lowest BCUT2D eigenvalue weighted by atomic mass is 9.82. The molecule has 1 fully saturated rings. The molecule has 4 heteroatoms. The van der Waals surface area contributed by atoms with Crippen molar-refractivity contribution in [2.24, 2.45) is 11.7 Å². The fourth-order valence-electron chi connectivity index (χ4n) is 1.78. The van der Waals surface area contributed by atoms with Crippen LogP contribution in [0.1, 0.15) is 26.2 Å². The first-order chi connectivity index (χ1) is 6.65. The third-order valence-corrected chi connectivity index (χ3v) is 2.75. The van der Waals surface area contributed by atoms with Crippen molar-refractivity contribution in [3.8, 4) is 0 Å². The van der Waals surface area contributed by atoms with Gasteiger partial charge < -0.3 is 15.8 Å². The van der Waals surface area contributed by atoms with Crippen LogP contribution in [0.25, 0.3) is 0 Å². The zero-order valence-electron chi connectivity index (χ0n) is 8.95. The first kappa shape index (κ1) is 11.5. The van der Waals surface area contributed by atoms with Gasteiger partial charge in [-0.1, -0.05) is 6.92 Å². The molecule has 0 spiro atoms. The summed E-state index contributed by atoms with van der Waals surface area (Å²) in [6.07, 6.45) is 2.43. The maximum absolute atomic E-state index is 11.4. The van der Waals surface area contributed by atoms with E-state index in [1.54, 1.807) is 7.11 Å². The van der Waals surface area contributed by atoms with Crippen molar-refractivity contribution in [1.82, 2.24) is 5.32 Å². The molecule has 0 aromatic rings. The van der Waals surface area contributed by atoms with Gasteiger partial charge in [0, 0.05) is 19.7 Å². The second-order valence-electron chi connectivity index (χ2n) is 4.14. The molecule has 0 aromatic carbocycles. The van der Waals surface area contributed by atoms with Crippen LogP contribution in [0.2, 0.25) is 0 Å². The lowest BCUT2D eigenvalue weighted by Gasteiger charge is -2.33. The van der Waals surface area contributed by atoms with Crippen LogP contribution in [-0.4, -0.2) is 31.7 Å². The van der Waals surface area contributed by atoms with Crippen molar-refractivity contribution < 1.29 is 9.53 Å². The van der Waals surface area contributed by atoms with E-state index in [0.29, 0.717) is 19.0 Å². The molecule has 1 amide bonds. The summed E-state index contributed by atoms with van der Waals surface area (Å²) < 4.78 is 5.04. The maximum atomic E-state index is 11.4. The van der Waals surface area contributed by atoms with Gasteiger partial charge in [-0.05, 0) is 18.8 Å². The van der Waals surface area contributed by atoms with E-state index in [0.717, 1.165) is 18.8 Å². The van der Waals surface area contributed by atoms with Gasteiger partial charge in [0.15, 0.2) is 0 Å². The zero-order valence-corrected chi connectivity index (χ0v) is 8.95. The van der Waals surface area contributed by atoms with Gasteiger partial charge in [0.25, 0.3) is 0 Å². The molecule has 1 rings (SSSR count). The number of carbonyl (C=O) groups excluding carboxylic acids is 1. The molecule has 3 N–H and O–H groups in total. The quantitative estimate of drug-likeness (QED) is 0.669. The van der Waals surface area contributed by atoms with Gasteiger partial charge in [0.05, 0.1) is 12.5 Å². The average Bonchev–Trinajstić information content (AvgIpc) is 2.11. The van der Waals surface area contributed by atoms with Gasteiger partial charge in [-0.15, -0.1) is 0 Å². The van der Waals surface area contributed by atoms with E-state index in [1.807, 2.05) is 0 Å². The first-order valence-electron chi connectivity index (χ1n) is 5.18. The van der Waals surface area contributed by atoms with Crippen LogP contribution < -0.4 is 11.1 Å². The van der Waals surface area contributed by atoms with Crippen molar-refractivity contribution in [2.45, 2.75) is 38.3 Å². The number of nitrogens with two attached hydrogens (primary N) is 1. The van der Waals surface area contributed by atoms with Crippen molar-refractivity contribution in [3.63, 3.8) is 0 Å². The van der Waals surface area contributed by atoms with Crippen LogP contribution >= 0.6 is 0 Å².